The van der Waals surface area contributed by atoms with Gasteiger partial charge in [-0.25, -0.2) is 9.97 Å². The fourth-order valence-corrected chi connectivity index (χ4v) is 2.24. The van der Waals surface area contributed by atoms with Crippen molar-refractivity contribution in [3.8, 4) is 5.75 Å². The number of amides is 1. The summed E-state index contributed by atoms with van der Waals surface area (Å²) in [6.07, 6.45) is 2.89. The van der Waals surface area contributed by atoms with Crippen LogP contribution in [0.3, 0.4) is 0 Å². The second-order valence-corrected chi connectivity index (χ2v) is 5.48. The molecule has 9 heteroatoms. The van der Waals surface area contributed by atoms with E-state index in [1.54, 1.807) is 25.3 Å². The Labute approximate surface area is 156 Å². The molecule has 2 heterocycles. The molecule has 0 aliphatic heterocycles. The second-order valence-electron chi connectivity index (χ2n) is 5.48. The Balaban J connectivity index is 1.62. The molecule has 9 nitrogen and oxygen atoms in total. The maximum atomic E-state index is 12.0. The van der Waals surface area contributed by atoms with Crippen LogP contribution in [0, 0.1) is 0 Å². The van der Waals surface area contributed by atoms with Crippen LogP contribution >= 0.6 is 0 Å². The van der Waals surface area contributed by atoms with Gasteiger partial charge in [0, 0.05) is 12.7 Å². The molecule has 3 rings (SSSR count). The first-order chi connectivity index (χ1) is 13.2. The molecule has 1 aromatic carbocycles. The van der Waals surface area contributed by atoms with Crippen molar-refractivity contribution in [3.63, 3.8) is 0 Å². The first kappa shape index (κ1) is 17.9. The molecule has 1 amide bonds. The number of carbonyl (C=O) groups excluding carboxylic acids is 1. The first-order valence-corrected chi connectivity index (χ1v) is 8.12. The number of pyridine rings is 1. The van der Waals surface area contributed by atoms with Gasteiger partial charge in [-0.2, -0.15) is 0 Å². The lowest BCUT2D eigenvalue weighted by atomic mass is 10.2. The molecule has 3 aromatic rings. The van der Waals surface area contributed by atoms with Gasteiger partial charge in [0.2, 0.25) is 0 Å². The zero-order valence-corrected chi connectivity index (χ0v) is 14.6. The number of nitrogens with one attached hydrogen (secondary N) is 3. The molecular formula is C18H19N7O2. The number of hydrogen-bond acceptors (Lipinski definition) is 8. The van der Waals surface area contributed by atoms with Crippen LogP contribution in [0.1, 0.15) is 16.1 Å². The molecule has 138 valence electrons. The van der Waals surface area contributed by atoms with Crippen LogP contribution in [-0.4, -0.2) is 28.0 Å². The summed E-state index contributed by atoms with van der Waals surface area (Å²) in [7, 11) is 1.62. The number of anilines is 3. The molecule has 0 saturated carbocycles. The van der Waals surface area contributed by atoms with Gasteiger partial charge in [0.15, 0.2) is 11.6 Å². The molecule has 2 aromatic heterocycles. The number of rotatable bonds is 7. The Hall–Kier alpha value is -3.88. The van der Waals surface area contributed by atoms with Crippen molar-refractivity contribution < 1.29 is 9.53 Å². The number of hydrazine groups is 1. The summed E-state index contributed by atoms with van der Waals surface area (Å²) in [6.45, 7) is 0.519. The number of ether oxygens (including phenoxy) is 1. The number of carbonyl (C=O) groups is 1. The maximum absolute atomic E-state index is 12.0. The lowest BCUT2D eigenvalue weighted by molar-refractivity contribution is 0.0957. The van der Waals surface area contributed by atoms with Gasteiger partial charge in [0.25, 0.3) is 5.91 Å². The van der Waals surface area contributed by atoms with E-state index in [0.717, 1.165) is 11.3 Å². The third-order valence-corrected chi connectivity index (χ3v) is 3.69. The molecule has 0 unspecified atom stereocenters. The first-order valence-electron chi connectivity index (χ1n) is 8.12. The normalized spacial score (nSPS) is 10.1. The monoisotopic (exact) mass is 365 g/mol. The van der Waals surface area contributed by atoms with Gasteiger partial charge in [-0.15, -0.1) is 0 Å². The smallest absolute Gasteiger partial charge is 0.288 e. The zero-order chi connectivity index (χ0) is 19.1. The van der Waals surface area contributed by atoms with Gasteiger partial charge in [0.1, 0.15) is 23.5 Å². The number of benzene rings is 1. The van der Waals surface area contributed by atoms with Crippen molar-refractivity contribution in [2.75, 3.05) is 23.6 Å². The molecule has 0 aliphatic rings. The van der Waals surface area contributed by atoms with Crippen molar-refractivity contribution >= 4 is 23.2 Å². The van der Waals surface area contributed by atoms with Crippen molar-refractivity contribution in [2.24, 2.45) is 0 Å². The fraction of sp³-hybridized carbons (Fsp3) is 0.111. The van der Waals surface area contributed by atoms with Crippen LogP contribution in [0.4, 0.5) is 17.3 Å². The predicted octanol–water partition coefficient (Wildman–Crippen LogP) is 1.83. The van der Waals surface area contributed by atoms with Gasteiger partial charge >= 0.3 is 0 Å². The molecule has 0 saturated heterocycles. The third-order valence-electron chi connectivity index (χ3n) is 3.69. The Morgan fingerprint density at radius 1 is 1.07 bits per heavy atom. The molecular weight excluding hydrogens is 346 g/mol. The standard InChI is InChI=1S/C18H19N7O2/c1-27-13-7-5-12(6-8-13)10-21-16-15(19)17(23-11-22-16)24-25-18(26)14-4-2-3-9-20-14/h2-9,11H,10,19H2,1H3,(H,25,26)(H2,21,22,23,24). The van der Waals surface area contributed by atoms with E-state index in [2.05, 4.69) is 31.1 Å². The highest BCUT2D eigenvalue weighted by molar-refractivity contribution is 5.93. The summed E-state index contributed by atoms with van der Waals surface area (Å²) >= 11 is 0. The summed E-state index contributed by atoms with van der Waals surface area (Å²) in [5.41, 5.74) is 12.9. The van der Waals surface area contributed by atoms with Crippen molar-refractivity contribution in [2.45, 2.75) is 6.54 Å². The van der Waals surface area contributed by atoms with Gasteiger partial charge in [-0.05, 0) is 29.8 Å². The van der Waals surface area contributed by atoms with Crippen molar-refractivity contribution in [1.29, 1.82) is 0 Å². The lowest BCUT2D eigenvalue weighted by Crippen LogP contribution is -2.31. The minimum atomic E-state index is -0.402. The highest BCUT2D eigenvalue weighted by atomic mass is 16.5. The average Bonchev–Trinajstić information content (AvgIpc) is 2.73. The van der Waals surface area contributed by atoms with E-state index in [1.807, 2.05) is 24.3 Å². The third kappa shape index (κ3) is 4.60. The highest BCUT2D eigenvalue weighted by Crippen LogP contribution is 2.22. The Morgan fingerprint density at radius 3 is 2.56 bits per heavy atom. The lowest BCUT2D eigenvalue weighted by Gasteiger charge is -2.13. The van der Waals surface area contributed by atoms with E-state index in [0.29, 0.717) is 12.4 Å². The number of nitrogens with two attached hydrogens (primary N) is 1. The minimum Gasteiger partial charge on any atom is -0.497 e. The average molecular weight is 365 g/mol. The largest absolute Gasteiger partial charge is 0.497 e. The van der Waals surface area contributed by atoms with E-state index >= 15 is 0 Å². The van der Waals surface area contributed by atoms with E-state index in [4.69, 9.17) is 10.5 Å². The summed E-state index contributed by atoms with van der Waals surface area (Å²) in [4.78, 5) is 24.2. The summed E-state index contributed by atoms with van der Waals surface area (Å²) in [5.74, 6) is 1.12. The zero-order valence-electron chi connectivity index (χ0n) is 14.6. The summed E-state index contributed by atoms with van der Waals surface area (Å²) < 4.78 is 5.14. The number of aromatic nitrogens is 3. The maximum Gasteiger partial charge on any atom is 0.288 e. The number of hydrogen-bond donors (Lipinski definition) is 4. The SMILES string of the molecule is COc1ccc(CNc2ncnc(NNC(=O)c3ccccn3)c2N)cc1. The number of methoxy groups -OCH3 is 1. The number of nitrogen functional groups attached to an aromatic ring is 1. The van der Waals surface area contributed by atoms with Crippen LogP contribution in [0.2, 0.25) is 0 Å². The Morgan fingerprint density at radius 2 is 1.85 bits per heavy atom. The van der Waals surface area contributed by atoms with Crippen LogP contribution in [0.15, 0.2) is 55.0 Å². The van der Waals surface area contributed by atoms with Gasteiger partial charge < -0.3 is 15.8 Å². The predicted molar refractivity (Wildman–Crippen MR) is 102 cm³/mol. The quantitative estimate of drug-likeness (QED) is 0.467. The molecule has 27 heavy (non-hydrogen) atoms. The van der Waals surface area contributed by atoms with Gasteiger partial charge in [-0.1, -0.05) is 18.2 Å². The van der Waals surface area contributed by atoms with Crippen LogP contribution < -0.4 is 26.6 Å². The summed E-state index contributed by atoms with van der Waals surface area (Å²) in [6, 6.07) is 12.7. The topological polar surface area (TPSA) is 127 Å². The highest BCUT2D eigenvalue weighted by Gasteiger charge is 2.10. The van der Waals surface area contributed by atoms with Crippen LogP contribution in [0.5, 0.6) is 5.75 Å². The molecule has 0 bridgehead atoms. The molecule has 0 fully saturated rings. The van der Waals surface area contributed by atoms with Crippen molar-refractivity contribution in [3.05, 3.63) is 66.2 Å². The van der Waals surface area contributed by atoms with E-state index in [-0.39, 0.29) is 17.2 Å². The molecule has 5 N–H and O–H groups in total. The fourth-order valence-electron chi connectivity index (χ4n) is 2.24. The minimum absolute atomic E-state index is 0.274. The molecule has 0 aliphatic carbocycles. The summed E-state index contributed by atoms with van der Waals surface area (Å²) in [5, 5.41) is 3.14. The van der Waals surface area contributed by atoms with E-state index < -0.39 is 5.91 Å². The number of nitrogens with zero attached hydrogens (tertiary/aromatic N) is 3. The van der Waals surface area contributed by atoms with Gasteiger partial charge in [-0.3, -0.25) is 20.6 Å². The Kier molecular flexibility index (Phi) is 5.63. The van der Waals surface area contributed by atoms with Crippen molar-refractivity contribution in [1.82, 2.24) is 20.4 Å². The van der Waals surface area contributed by atoms with Crippen LogP contribution in [0.25, 0.3) is 0 Å². The molecule has 0 spiro atoms. The van der Waals surface area contributed by atoms with Gasteiger partial charge in [0.05, 0.1) is 7.11 Å². The van der Waals surface area contributed by atoms with E-state index in [1.165, 1.54) is 12.5 Å². The second kappa shape index (κ2) is 8.48. The van der Waals surface area contributed by atoms with Crippen LogP contribution in [-0.2, 0) is 6.54 Å². The Bertz CT molecular complexity index is 901. The molecule has 0 atom stereocenters. The van der Waals surface area contributed by atoms with E-state index in [9.17, 15) is 4.79 Å². The molecule has 0 radical (unpaired) electrons.